The van der Waals surface area contributed by atoms with E-state index in [0.29, 0.717) is 6.42 Å². The first kappa shape index (κ1) is 15.0. The second kappa shape index (κ2) is 6.34. The molecule has 1 unspecified atom stereocenters. The van der Waals surface area contributed by atoms with Gasteiger partial charge in [0.15, 0.2) is 0 Å². The molecule has 1 aromatic rings. The molecule has 1 aliphatic rings. The molecule has 0 aromatic heterocycles. The van der Waals surface area contributed by atoms with Crippen LogP contribution in [0.25, 0.3) is 0 Å². The molecule has 0 radical (unpaired) electrons. The Morgan fingerprint density at radius 1 is 1.45 bits per heavy atom. The van der Waals surface area contributed by atoms with E-state index < -0.39 is 21.8 Å². The molecule has 0 saturated carbocycles. The molecule has 1 aromatic carbocycles. The lowest BCUT2D eigenvalue weighted by atomic mass is 10.0. The third kappa shape index (κ3) is 5.28. The van der Waals surface area contributed by atoms with Crippen LogP contribution >= 0.6 is 0 Å². The molecule has 0 amide bonds. The summed E-state index contributed by atoms with van der Waals surface area (Å²) in [7, 11) is -4.09. The molecule has 0 aliphatic carbocycles. The van der Waals surface area contributed by atoms with Crippen LogP contribution in [-0.2, 0) is 30.8 Å². The Bertz CT molecular complexity index is 576. The zero-order chi connectivity index (χ0) is 14.6. The summed E-state index contributed by atoms with van der Waals surface area (Å²) in [5.74, 6) is -1.06. The lowest BCUT2D eigenvalue weighted by molar-refractivity contribution is -0.142. The van der Waals surface area contributed by atoms with Gasteiger partial charge in [-0.05, 0) is 17.5 Å². The van der Waals surface area contributed by atoms with Crippen LogP contribution in [0, 0.1) is 0 Å². The largest absolute Gasteiger partial charge is 0.464 e. The smallest absolute Gasteiger partial charge is 0.306 e. The summed E-state index contributed by atoms with van der Waals surface area (Å²) in [6.45, 7) is 0.411. The molecule has 0 spiro atoms. The van der Waals surface area contributed by atoms with Crippen molar-refractivity contribution in [2.45, 2.75) is 18.9 Å². The minimum absolute atomic E-state index is 0.167. The van der Waals surface area contributed by atoms with Gasteiger partial charge in [0.05, 0.1) is 6.61 Å². The number of hydrogen-bond donors (Lipinski definition) is 1. The third-order valence-corrected chi connectivity index (χ3v) is 3.56. The highest BCUT2D eigenvalue weighted by molar-refractivity contribution is 7.85. The van der Waals surface area contributed by atoms with Gasteiger partial charge in [-0.15, -0.1) is 0 Å². The summed E-state index contributed by atoms with van der Waals surface area (Å²) < 4.78 is 39.3. The summed E-state index contributed by atoms with van der Waals surface area (Å²) in [4.78, 5) is 11.4. The van der Waals surface area contributed by atoms with Gasteiger partial charge in [0.2, 0.25) is 0 Å². The highest BCUT2D eigenvalue weighted by atomic mass is 32.2. The molecule has 6 nitrogen and oxygen atoms in total. The van der Waals surface area contributed by atoms with Crippen LogP contribution in [0.15, 0.2) is 24.3 Å². The molecule has 1 heterocycles. The monoisotopic (exact) mass is 300 g/mol. The van der Waals surface area contributed by atoms with E-state index in [1.165, 1.54) is 0 Å². The molecule has 1 saturated heterocycles. The maximum Gasteiger partial charge on any atom is 0.306 e. The van der Waals surface area contributed by atoms with E-state index in [4.69, 9.17) is 14.0 Å². The van der Waals surface area contributed by atoms with Crippen molar-refractivity contribution in [3.05, 3.63) is 35.4 Å². The number of epoxide rings is 1. The minimum atomic E-state index is -4.09. The maximum atomic E-state index is 11.4. The third-order valence-electron chi connectivity index (χ3n) is 2.88. The molecule has 20 heavy (non-hydrogen) atoms. The predicted octanol–water partition coefficient (Wildman–Crippen LogP) is 1.12. The summed E-state index contributed by atoms with van der Waals surface area (Å²) in [6, 6.07) is 7.79. The van der Waals surface area contributed by atoms with E-state index in [1.54, 1.807) is 0 Å². The van der Waals surface area contributed by atoms with E-state index in [0.717, 1.165) is 17.7 Å². The van der Waals surface area contributed by atoms with Crippen LogP contribution in [0.1, 0.15) is 23.7 Å². The Hall–Kier alpha value is -1.44. The van der Waals surface area contributed by atoms with Crippen LogP contribution in [0.2, 0.25) is 0 Å². The molecule has 2 rings (SSSR count). The second-order valence-electron chi connectivity index (χ2n) is 4.57. The summed E-state index contributed by atoms with van der Waals surface area (Å²) in [5, 5.41) is 0. The van der Waals surface area contributed by atoms with Gasteiger partial charge >= 0.3 is 5.97 Å². The Morgan fingerprint density at radius 3 is 2.85 bits per heavy atom. The first-order valence-electron chi connectivity index (χ1n) is 6.25. The summed E-state index contributed by atoms with van der Waals surface area (Å²) in [6.07, 6.45) is 0.864. The van der Waals surface area contributed by atoms with E-state index in [9.17, 15) is 13.2 Å². The SMILES string of the molecule is O=C(CCc1cccc(C2CO2)c1)OCCS(=O)(=O)O. The molecule has 1 fully saturated rings. The highest BCUT2D eigenvalue weighted by Crippen LogP contribution is 2.30. The Balaban J connectivity index is 1.74. The van der Waals surface area contributed by atoms with Crippen molar-refractivity contribution in [2.75, 3.05) is 19.0 Å². The normalized spacial score (nSPS) is 17.8. The van der Waals surface area contributed by atoms with Gasteiger partial charge in [0, 0.05) is 6.42 Å². The van der Waals surface area contributed by atoms with E-state index in [2.05, 4.69) is 0 Å². The van der Waals surface area contributed by atoms with Gasteiger partial charge in [0.25, 0.3) is 10.1 Å². The van der Waals surface area contributed by atoms with Gasteiger partial charge in [-0.2, -0.15) is 8.42 Å². The summed E-state index contributed by atoms with van der Waals surface area (Å²) >= 11 is 0. The predicted molar refractivity (Wildman–Crippen MR) is 70.8 cm³/mol. The van der Waals surface area contributed by atoms with Gasteiger partial charge in [-0.1, -0.05) is 24.3 Å². The number of benzene rings is 1. The fourth-order valence-corrected chi connectivity index (χ4v) is 2.06. The highest BCUT2D eigenvalue weighted by Gasteiger charge is 2.24. The van der Waals surface area contributed by atoms with Crippen molar-refractivity contribution in [3.8, 4) is 0 Å². The Morgan fingerprint density at radius 2 is 2.20 bits per heavy atom. The number of ether oxygens (including phenoxy) is 2. The number of esters is 1. The molecule has 7 heteroatoms. The lowest BCUT2D eigenvalue weighted by Gasteiger charge is -2.05. The average molecular weight is 300 g/mol. The van der Waals surface area contributed by atoms with E-state index in [1.807, 2.05) is 24.3 Å². The number of rotatable bonds is 7. The van der Waals surface area contributed by atoms with Gasteiger partial charge in [-0.3, -0.25) is 9.35 Å². The van der Waals surface area contributed by atoms with Crippen molar-refractivity contribution in [3.63, 3.8) is 0 Å². The Labute approximate surface area is 117 Å². The fraction of sp³-hybridized carbons (Fsp3) is 0.462. The van der Waals surface area contributed by atoms with Gasteiger partial charge in [0.1, 0.15) is 18.5 Å². The lowest BCUT2D eigenvalue weighted by Crippen LogP contribution is -2.14. The molecular formula is C13H16O6S. The number of carbonyl (C=O) groups is 1. The topological polar surface area (TPSA) is 93.2 Å². The molecule has 1 aliphatic heterocycles. The maximum absolute atomic E-state index is 11.4. The van der Waals surface area contributed by atoms with Crippen molar-refractivity contribution >= 4 is 16.1 Å². The van der Waals surface area contributed by atoms with E-state index in [-0.39, 0.29) is 19.1 Å². The van der Waals surface area contributed by atoms with Crippen molar-refractivity contribution in [2.24, 2.45) is 0 Å². The molecule has 1 atom stereocenters. The van der Waals surface area contributed by atoms with Gasteiger partial charge in [-0.25, -0.2) is 0 Å². The standard InChI is InChI=1S/C13H16O6S/c14-13(18-6-7-20(15,16)17)5-4-10-2-1-3-11(8-10)12-9-19-12/h1-3,8,12H,4-7,9H2,(H,15,16,17). The fourth-order valence-electron chi connectivity index (χ4n) is 1.77. The number of aryl methyl sites for hydroxylation is 1. The van der Waals surface area contributed by atoms with Crippen molar-refractivity contribution in [1.29, 1.82) is 0 Å². The number of hydrogen-bond acceptors (Lipinski definition) is 5. The van der Waals surface area contributed by atoms with Gasteiger partial charge < -0.3 is 9.47 Å². The molecule has 1 N–H and O–H groups in total. The molecule has 0 bridgehead atoms. The molecule has 110 valence electrons. The first-order chi connectivity index (χ1) is 9.44. The van der Waals surface area contributed by atoms with E-state index >= 15 is 0 Å². The zero-order valence-corrected chi connectivity index (χ0v) is 11.6. The van der Waals surface area contributed by atoms with Crippen molar-refractivity contribution in [1.82, 2.24) is 0 Å². The van der Waals surface area contributed by atoms with Crippen LogP contribution in [0.5, 0.6) is 0 Å². The average Bonchev–Trinajstić information content (AvgIpc) is 3.19. The minimum Gasteiger partial charge on any atom is -0.464 e. The molecular weight excluding hydrogens is 284 g/mol. The van der Waals surface area contributed by atoms with Crippen molar-refractivity contribution < 1.29 is 27.2 Å². The van der Waals surface area contributed by atoms with Crippen LogP contribution in [0.3, 0.4) is 0 Å². The van der Waals surface area contributed by atoms with Crippen LogP contribution < -0.4 is 0 Å². The quantitative estimate of drug-likeness (QED) is 0.461. The zero-order valence-electron chi connectivity index (χ0n) is 10.8. The second-order valence-corrected chi connectivity index (χ2v) is 6.15. The first-order valence-corrected chi connectivity index (χ1v) is 7.86. The summed E-state index contributed by atoms with van der Waals surface area (Å²) in [5.41, 5.74) is 2.10. The van der Waals surface area contributed by atoms with Crippen LogP contribution in [0.4, 0.5) is 0 Å². The number of carbonyl (C=O) groups excluding carboxylic acids is 1. The Kier molecular flexibility index (Phi) is 4.74. The van der Waals surface area contributed by atoms with Crippen LogP contribution in [-0.4, -0.2) is 37.9 Å².